The molecule has 0 aromatic heterocycles. The zero-order valence-electron chi connectivity index (χ0n) is 5.67. The minimum Gasteiger partial charge on any atom is -0.382 e. The average Bonchev–Trinajstić information content (AvgIpc) is 2.05. The molecule has 2 nitrogen and oxygen atoms in total. The smallest absolute Gasteiger partial charge is 0.0692 e. The molecule has 2 aliphatic rings. The van der Waals surface area contributed by atoms with E-state index in [-0.39, 0.29) is 0 Å². The van der Waals surface area contributed by atoms with Crippen LogP contribution in [0, 0.1) is 0 Å². The Kier molecular flexibility index (Phi) is 1.24. The fourth-order valence-electron chi connectivity index (χ4n) is 1.23. The molecule has 2 rings (SSSR count). The molecule has 2 heterocycles. The van der Waals surface area contributed by atoms with Gasteiger partial charge in [0.1, 0.15) is 0 Å². The molecule has 1 atom stereocenters. The van der Waals surface area contributed by atoms with Gasteiger partial charge in [-0.15, -0.1) is 0 Å². The highest BCUT2D eigenvalue weighted by molar-refractivity contribution is 5.26. The van der Waals surface area contributed by atoms with Crippen molar-refractivity contribution in [3.63, 3.8) is 0 Å². The van der Waals surface area contributed by atoms with Gasteiger partial charge in [-0.25, -0.2) is 0 Å². The van der Waals surface area contributed by atoms with Crippen LogP contribution in [0.25, 0.3) is 0 Å². The van der Waals surface area contributed by atoms with Crippen molar-refractivity contribution in [2.24, 2.45) is 0 Å². The lowest BCUT2D eigenvalue weighted by molar-refractivity contribution is 0.615. The largest absolute Gasteiger partial charge is 0.382 e. The van der Waals surface area contributed by atoms with E-state index in [0.717, 1.165) is 6.42 Å². The number of dihydropyridines is 1. The second-order valence-corrected chi connectivity index (χ2v) is 2.48. The van der Waals surface area contributed by atoms with Gasteiger partial charge in [0.25, 0.3) is 0 Å². The number of nitrogens with one attached hydrogen (secondary N) is 2. The van der Waals surface area contributed by atoms with Crippen molar-refractivity contribution >= 4 is 0 Å². The van der Waals surface area contributed by atoms with E-state index in [4.69, 9.17) is 0 Å². The number of hydrogen-bond acceptors (Lipinski definition) is 2. The minimum atomic E-state index is 0.481. The van der Waals surface area contributed by atoms with Crippen LogP contribution < -0.4 is 10.6 Å². The van der Waals surface area contributed by atoms with Crippen molar-refractivity contribution in [3.05, 3.63) is 36.3 Å². The van der Waals surface area contributed by atoms with Crippen molar-refractivity contribution in [2.45, 2.75) is 12.5 Å². The van der Waals surface area contributed by atoms with Crippen LogP contribution in [0.1, 0.15) is 6.42 Å². The van der Waals surface area contributed by atoms with Gasteiger partial charge < -0.3 is 10.6 Å². The summed E-state index contributed by atoms with van der Waals surface area (Å²) in [6.07, 6.45) is 11.3. The van der Waals surface area contributed by atoms with E-state index in [1.165, 1.54) is 5.70 Å². The first-order valence-corrected chi connectivity index (χ1v) is 3.51. The number of hydrogen-bond donors (Lipinski definition) is 2. The quantitative estimate of drug-likeness (QED) is 0.513. The Morgan fingerprint density at radius 3 is 3.30 bits per heavy atom. The van der Waals surface area contributed by atoms with E-state index in [1.54, 1.807) is 0 Å². The van der Waals surface area contributed by atoms with Gasteiger partial charge in [-0.2, -0.15) is 0 Å². The number of allylic oxidation sites excluding steroid dienone is 2. The Morgan fingerprint density at radius 2 is 2.40 bits per heavy atom. The summed E-state index contributed by atoms with van der Waals surface area (Å²) in [7, 11) is 0. The molecule has 0 amide bonds. The molecule has 52 valence electrons. The van der Waals surface area contributed by atoms with E-state index < -0.39 is 0 Å². The third-order valence-corrected chi connectivity index (χ3v) is 1.78. The highest BCUT2D eigenvalue weighted by Crippen LogP contribution is 2.11. The molecule has 0 saturated heterocycles. The lowest BCUT2D eigenvalue weighted by Crippen LogP contribution is -2.35. The summed E-state index contributed by atoms with van der Waals surface area (Å²) in [6, 6.07) is 0.481. The van der Waals surface area contributed by atoms with Gasteiger partial charge in [0.15, 0.2) is 0 Å². The van der Waals surface area contributed by atoms with Crippen molar-refractivity contribution in [2.75, 3.05) is 0 Å². The summed E-state index contributed by atoms with van der Waals surface area (Å²) in [6.45, 7) is 0. The molecule has 2 N–H and O–H groups in total. The average molecular weight is 134 g/mol. The molecule has 0 aromatic rings. The van der Waals surface area contributed by atoms with Gasteiger partial charge in [-0.1, -0.05) is 6.08 Å². The molecule has 0 aromatic carbocycles. The summed E-state index contributed by atoms with van der Waals surface area (Å²) in [5.41, 5.74) is 1.27. The van der Waals surface area contributed by atoms with Crippen LogP contribution in [-0.4, -0.2) is 6.04 Å². The van der Waals surface area contributed by atoms with Crippen LogP contribution in [-0.2, 0) is 0 Å². The molecule has 0 bridgehead atoms. The minimum absolute atomic E-state index is 0.481. The molecule has 0 fully saturated rings. The molecule has 0 spiro atoms. The summed E-state index contributed by atoms with van der Waals surface area (Å²) < 4.78 is 0. The van der Waals surface area contributed by atoms with Crippen LogP contribution in [0.15, 0.2) is 36.3 Å². The topological polar surface area (TPSA) is 24.1 Å². The maximum atomic E-state index is 3.26. The van der Waals surface area contributed by atoms with Crippen molar-refractivity contribution < 1.29 is 0 Å². The highest BCUT2D eigenvalue weighted by Gasteiger charge is 2.14. The number of rotatable bonds is 0. The zero-order chi connectivity index (χ0) is 6.81. The first kappa shape index (κ1) is 5.59. The fourth-order valence-corrected chi connectivity index (χ4v) is 1.23. The van der Waals surface area contributed by atoms with Crippen LogP contribution in [0.2, 0.25) is 0 Å². The molecular weight excluding hydrogens is 124 g/mol. The van der Waals surface area contributed by atoms with Gasteiger partial charge >= 0.3 is 0 Å². The maximum Gasteiger partial charge on any atom is 0.0692 e. The SMILES string of the molecule is C1=CNC2CC=CNC2=C1. The van der Waals surface area contributed by atoms with E-state index in [0.29, 0.717) is 6.04 Å². The van der Waals surface area contributed by atoms with Crippen molar-refractivity contribution in [3.8, 4) is 0 Å². The van der Waals surface area contributed by atoms with E-state index >= 15 is 0 Å². The van der Waals surface area contributed by atoms with Gasteiger partial charge in [-0.3, -0.25) is 0 Å². The number of fused-ring (bicyclic) bond motifs is 1. The Labute approximate surface area is 60.3 Å². The Hall–Kier alpha value is -1.18. The third-order valence-electron chi connectivity index (χ3n) is 1.78. The fraction of sp³-hybridized carbons (Fsp3) is 0.250. The summed E-state index contributed by atoms with van der Waals surface area (Å²) in [5.74, 6) is 0. The molecular formula is C8H10N2. The second-order valence-electron chi connectivity index (χ2n) is 2.48. The second kappa shape index (κ2) is 2.21. The molecule has 1 unspecified atom stereocenters. The summed E-state index contributed by atoms with van der Waals surface area (Å²) >= 11 is 0. The molecule has 2 heteroatoms. The summed E-state index contributed by atoms with van der Waals surface area (Å²) in [4.78, 5) is 0. The van der Waals surface area contributed by atoms with Crippen LogP contribution >= 0.6 is 0 Å². The predicted molar refractivity (Wildman–Crippen MR) is 41.0 cm³/mol. The Balaban J connectivity index is 2.23. The molecule has 0 radical (unpaired) electrons. The van der Waals surface area contributed by atoms with Crippen LogP contribution in [0.3, 0.4) is 0 Å². The Morgan fingerprint density at radius 1 is 1.40 bits per heavy atom. The molecule has 10 heavy (non-hydrogen) atoms. The first-order chi connectivity index (χ1) is 4.97. The molecule has 0 aliphatic carbocycles. The van der Waals surface area contributed by atoms with Gasteiger partial charge in [0.05, 0.1) is 6.04 Å². The van der Waals surface area contributed by atoms with E-state index in [9.17, 15) is 0 Å². The van der Waals surface area contributed by atoms with Gasteiger partial charge in [0.2, 0.25) is 0 Å². The maximum absolute atomic E-state index is 3.26. The lowest BCUT2D eigenvalue weighted by Gasteiger charge is -2.25. The van der Waals surface area contributed by atoms with Crippen molar-refractivity contribution in [1.29, 1.82) is 0 Å². The summed E-state index contributed by atoms with van der Waals surface area (Å²) in [5, 5.41) is 6.45. The van der Waals surface area contributed by atoms with E-state index in [1.807, 2.05) is 18.5 Å². The van der Waals surface area contributed by atoms with Crippen LogP contribution in [0.4, 0.5) is 0 Å². The van der Waals surface area contributed by atoms with Crippen molar-refractivity contribution in [1.82, 2.24) is 10.6 Å². The third kappa shape index (κ3) is 0.817. The van der Waals surface area contributed by atoms with Gasteiger partial charge in [-0.05, 0) is 31.0 Å². The van der Waals surface area contributed by atoms with Crippen LogP contribution in [0.5, 0.6) is 0 Å². The monoisotopic (exact) mass is 134 g/mol. The lowest BCUT2D eigenvalue weighted by atomic mass is 10.1. The van der Waals surface area contributed by atoms with Gasteiger partial charge in [0, 0.05) is 5.70 Å². The Bertz CT molecular complexity index is 213. The highest BCUT2D eigenvalue weighted by atomic mass is 15.0. The molecule has 2 aliphatic heterocycles. The normalized spacial score (nSPS) is 28.0. The van der Waals surface area contributed by atoms with E-state index in [2.05, 4.69) is 22.8 Å². The standard InChI is InChI=1S/C8H10N2/c1-3-7-8(9-5-1)4-2-6-10-7/h1-3,5-6,8-10H,4H2. The molecule has 0 saturated carbocycles. The first-order valence-electron chi connectivity index (χ1n) is 3.51. The predicted octanol–water partition coefficient (Wildman–Crippen LogP) is 0.863. The zero-order valence-corrected chi connectivity index (χ0v) is 5.67.